The van der Waals surface area contributed by atoms with E-state index in [2.05, 4.69) is 13.8 Å². The Balaban J connectivity index is 2.28. The Bertz CT molecular complexity index is 601. The molecule has 0 aromatic heterocycles. The first kappa shape index (κ1) is 16.9. The van der Waals surface area contributed by atoms with Crippen LogP contribution < -0.4 is 5.73 Å². The van der Waals surface area contributed by atoms with Crippen LogP contribution in [-0.4, -0.2) is 25.8 Å². The molecule has 1 saturated heterocycles. The van der Waals surface area contributed by atoms with Gasteiger partial charge in [-0.1, -0.05) is 37.0 Å². The second-order valence-corrected chi connectivity index (χ2v) is 8.51. The zero-order valence-corrected chi connectivity index (χ0v) is 14.5. The minimum absolute atomic E-state index is 0.0310. The highest BCUT2D eigenvalue weighted by molar-refractivity contribution is 7.89. The number of hydrogen-bond donors (Lipinski definition) is 1. The molecule has 0 amide bonds. The van der Waals surface area contributed by atoms with Gasteiger partial charge in [0.25, 0.3) is 0 Å². The van der Waals surface area contributed by atoms with Crippen molar-refractivity contribution in [2.24, 2.45) is 11.8 Å². The highest BCUT2D eigenvalue weighted by atomic mass is 35.5. The second kappa shape index (κ2) is 6.32. The molecule has 21 heavy (non-hydrogen) atoms. The Hall–Kier alpha value is -0.490. The molecule has 4 nitrogen and oxygen atoms in total. The monoisotopic (exact) mass is 350 g/mol. The summed E-state index contributed by atoms with van der Waals surface area (Å²) in [5.41, 5.74) is 5.91. The SMILES string of the molecule is CC(C)C1CCN(S(=O)(=O)c2c(N)cc(Cl)cc2Cl)CC1. The number of rotatable bonds is 3. The maximum atomic E-state index is 12.7. The van der Waals surface area contributed by atoms with Crippen LogP contribution in [0.5, 0.6) is 0 Å². The maximum absolute atomic E-state index is 12.7. The van der Waals surface area contributed by atoms with Gasteiger partial charge in [0.05, 0.1) is 10.7 Å². The fraction of sp³-hybridized carbons (Fsp3) is 0.571. The number of nitrogens with zero attached hydrogens (tertiary/aromatic N) is 1. The van der Waals surface area contributed by atoms with Crippen molar-refractivity contribution < 1.29 is 8.42 Å². The summed E-state index contributed by atoms with van der Waals surface area (Å²) in [6, 6.07) is 2.83. The van der Waals surface area contributed by atoms with Gasteiger partial charge in [-0.15, -0.1) is 0 Å². The molecule has 0 unspecified atom stereocenters. The summed E-state index contributed by atoms with van der Waals surface area (Å²) in [5.74, 6) is 1.13. The molecule has 0 atom stereocenters. The lowest BCUT2D eigenvalue weighted by Crippen LogP contribution is -2.39. The molecule has 1 heterocycles. The lowest BCUT2D eigenvalue weighted by atomic mass is 9.87. The van der Waals surface area contributed by atoms with E-state index in [4.69, 9.17) is 28.9 Å². The van der Waals surface area contributed by atoms with E-state index in [-0.39, 0.29) is 15.6 Å². The van der Waals surface area contributed by atoms with Gasteiger partial charge in [-0.3, -0.25) is 0 Å². The zero-order valence-electron chi connectivity index (χ0n) is 12.1. The van der Waals surface area contributed by atoms with Crippen LogP contribution in [0.1, 0.15) is 26.7 Å². The van der Waals surface area contributed by atoms with Crippen molar-refractivity contribution >= 4 is 38.9 Å². The van der Waals surface area contributed by atoms with Crippen molar-refractivity contribution in [1.82, 2.24) is 4.31 Å². The summed E-state index contributed by atoms with van der Waals surface area (Å²) >= 11 is 11.9. The summed E-state index contributed by atoms with van der Waals surface area (Å²) in [7, 11) is -3.67. The van der Waals surface area contributed by atoms with Crippen molar-refractivity contribution in [1.29, 1.82) is 0 Å². The summed E-state index contributed by atoms with van der Waals surface area (Å²) in [6.07, 6.45) is 1.73. The first-order valence-electron chi connectivity index (χ1n) is 6.98. The van der Waals surface area contributed by atoms with Crippen LogP contribution in [0.25, 0.3) is 0 Å². The van der Waals surface area contributed by atoms with Gasteiger partial charge in [-0.05, 0) is 36.8 Å². The molecular weight excluding hydrogens is 331 g/mol. The van der Waals surface area contributed by atoms with Crippen molar-refractivity contribution in [3.63, 3.8) is 0 Å². The Labute approximate surface area is 136 Å². The quantitative estimate of drug-likeness (QED) is 0.846. The molecule has 0 spiro atoms. The molecule has 2 rings (SSSR count). The Morgan fingerprint density at radius 3 is 2.29 bits per heavy atom. The van der Waals surface area contributed by atoms with Crippen LogP contribution in [0.4, 0.5) is 5.69 Å². The number of benzene rings is 1. The highest BCUT2D eigenvalue weighted by Gasteiger charge is 2.33. The normalized spacial score (nSPS) is 18.3. The molecule has 1 aliphatic heterocycles. The van der Waals surface area contributed by atoms with Crippen LogP contribution in [0.3, 0.4) is 0 Å². The van der Waals surface area contributed by atoms with Gasteiger partial charge >= 0.3 is 0 Å². The number of nitrogens with two attached hydrogens (primary N) is 1. The number of hydrogen-bond acceptors (Lipinski definition) is 3. The second-order valence-electron chi connectivity index (χ2n) is 5.79. The van der Waals surface area contributed by atoms with Crippen LogP contribution in [-0.2, 0) is 10.0 Å². The molecule has 118 valence electrons. The van der Waals surface area contributed by atoms with E-state index in [0.29, 0.717) is 29.9 Å². The van der Waals surface area contributed by atoms with Gasteiger partial charge in [0, 0.05) is 18.1 Å². The van der Waals surface area contributed by atoms with Crippen molar-refractivity contribution in [3.05, 3.63) is 22.2 Å². The summed E-state index contributed by atoms with van der Waals surface area (Å²) < 4.78 is 26.9. The molecule has 1 aromatic carbocycles. The Morgan fingerprint density at radius 1 is 1.24 bits per heavy atom. The maximum Gasteiger partial charge on any atom is 0.246 e. The first-order valence-corrected chi connectivity index (χ1v) is 9.17. The van der Waals surface area contributed by atoms with E-state index in [0.717, 1.165) is 12.8 Å². The minimum atomic E-state index is -3.67. The van der Waals surface area contributed by atoms with E-state index in [9.17, 15) is 8.42 Å². The lowest BCUT2D eigenvalue weighted by molar-refractivity contribution is 0.226. The van der Waals surface area contributed by atoms with E-state index >= 15 is 0 Å². The van der Waals surface area contributed by atoms with Gasteiger partial charge in [-0.25, -0.2) is 8.42 Å². The van der Waals surface area contributed by atoms with Crippen molar-refractivity contribution in [2.75, 3.05) is 18.8 Å². The summed E-state index contributed by atoms with van der Waals surface area (Å²) in [6.45, 7) is 5.35. The average Bonchev–Trinajstić information content (AvgIpc) is 2.37. The molecule has 2 N–H and O–H groups in total. The summed E-state index contributed by atoms with van der Waals surface area (Å²) in [5, 5.41) is 0.404. The first-order chi connectivity index (χ1) is 9.73. The van der Waals surface area contributed by atoms with E-state index in [1.165, 1.54) is 16.4 Å². The Morgan fingerprint density at radius 2 is 1.81 bits per heavy atom. The highest BCUT2D eigenvalue weighted by Crippen LogP contribution is 2.35. The molecule has 0 radical (unpaired) electrons. The van der Waals surface area contributed by atoms with Crippen LogP contribution in [0.15, 0.2) is 17.0 Å². The number of piperidine rings is 1. The molecular formula is C14H20Cl2N2O2S. The van der Waals surface area contributed by atoms with Gasteiger partial charge in [0.15, 0.2) is 0 Å². The van der Waals surface area contributed by atoms with E-state index in [1.54, 1.807) is 0 Å². The number of nitrogen functional groups attached to an aromatic ring is 1. The van der Waals surface area contributed by atoms with E-state index in [1.807, 2.05) is 0 Å². The average molecular weight is 351 g/mol. The molecule has 0 aliphatic carbocycles. The molecule has 1 aliphatic rings. The number of anilines is 1. The standard InChI is InChI=1S/C14H20Cl2N2O2S/c1-9(2)10-3-5-18(6-4-10)21(19,20)14-12(16)7-11(15)8-13(14)17/h7-10H,3-6,17H2,1-2H3. The molecule has 0 saturated carbocycles. The lowest BCUT2D eigenvalue weighted by Gasteiger charge is -2.33. The fourth-order valence-electron chi connectivity index (χ4n) is 2.76. The smallest absolute Gasteiger partial charge is 0.246 e. The largest absolute Gasteiger partial charge is 0.398 e. The van der Waals surface area contributed by atoms with Crippen LogP contribution in [0.2, 0.25) is 10.0 Å². The van der Waals surface area contributed by atoms with Gasteiger partial charge in [-0.2, -0.15) is 4.31 Å². The predicted octanol–water partition coefficient (Wildman–Crippen LogP) is 3.63. The number of sulfonamides is 1. The van der Waals surface area contributed by atoms with Gasteiger partial charge in [0.2, 0.25) is 10.0 Å². The predicted molar refractivity (Wildman–Crippen MR) is 87.2 cm³/mol. The molecule has 0 bridgehead atoms. The van der Waals surface area contributed by atoms with E-state index < -0.39 is 10.0 Å². The number of halogens is 2. The minimum Gasteiger partial charge on any atom is -0.398 e. The summed E-state index contributed by atoms with van der Waals surface area (Å²) in [4.78, 5) is -0.0310. The van der Waals surface area contributed by atoms with Gasteiger partial charge in [0.1, 0.15) is 4.90 Å². The molecule has 1 aromatic rings. The third kappa shape index (κ3) is 3.47. The van der Waals surface area contributed by atoms with Gasteiger partial charge < -0.3 is 5.73 Å². The fourth-order valence-corrected chi connectivity index (χ4v) is 5.18. The molecule has 1 fully saturated rings. The Kier molecular flexibility index (Phi) is 5.08. The zero-order chi connectivity index (χ0) is 15.8. The third-order valence-electron chi connectivity index (χ3n) is 4.08. The van der Waals surface area contributed by atoms with Crippen LogP contribution in [0, 0.1) is 11.8 Å². The van der Waals surface area contributed by atoms with Crippen molar-refractivity contribution in [3.8, 4) is 0 Å². The topological polar surface area (TPSA) is 63.4 Å². The van der Waals surface area contributed by atoms with Crippen LogP contribution >= 0.6 is 23.2 Å². The molecule has 7 heteroatoms. The van der Waals surface area contributed by atoms with Crippen molar-refractivity contribution in [2.45, 2.75) is 31.6 Å². The third-order valence-corrected chi connectivity index (χ3v) is 6.72.